The Bertz CT molecular complexity index is 751. The summed E-state index contributed by atoms with van der Waals surface area (Å²) >= 11 is 0. The Labute approximate surface area is 146 Å². The van der Waals surface area contributed by atoms with Crippen LogP contribution in [0.25, 0.3) is 0 Å². The second-order valence-corrected chi connectivity index (χ2v) is 6.26. The van der Waals surface area contributed by atoms with Crippen LogP contribution in [0.5, 0.6) is 5.75 Å². The molecule has 0 radical (unpaired) electrons. The quantitative estimate of drug-likeness (QED) is 0.775. The summed E-state index contributed by atoms with van der Waals surface area (Å²) in [6.07, 6.45) is 3.04. The fraction of sp³-hybridized carbons (Fsp3) is 0.300. The molecule has 0 saturated heterocycles. The zero-order chi connectivity index (χ0) is 17.6. The number of rotatable bonds is 8. The topological polar surface area (TPSA) is 75.6 Å². The molecule has 1 fully saturated rings. The van der Waals surface area contributed by atoms with E-state index in [1.54, 1.807) is 30.3 Å². The van der Waals surface area contributed by atoms with E-state index < -0.39 is 5.97 Å². The first kappa shape index (κ1) is 17.0. The van der Waals surface area contributed by atoms with Gasteiger partial charge in [-0.1, -0.05) is 24.3 Å². The van der Waals surface area contributed by atoms with Gasteiger partial charge in [0.05, 0.1) is 17.7 Å². The second-order valence-electron chi connectivity index (χ2n) is 6.26. The van der Waals surface area contributed by atoms with Crippen molar-refractivity contribution in [2.45, 2.75) is 19.3 Å². The van der Waals surface area contributed by atoms with Gasteiger partial charge in [0.2, 0.25) is 0 Å². The Hall–Kier alpha value is -2.82. The number of benzene rings is 2. The summed E-state index contributed by atoms with van der Waals surface area (Å²) in [5, 5.41) is 11.8. The van der Waals surface area contributed by atoms with Crippen LogP contribution in [0.4, 0.5) is 0 Å². The molecule has 3 rings (SSSR count). The molecule has 130 valence electrons. The largest absolute Gasteiger partial charge is 0.492 e. The smallest absolute Gasteiger partial charge is 0.335 e. The van der Waals surface area contributed by atoms with Gasteiger partial charge in [-0.15, -0.1) is 0 Å². The van der Waals surface area contributed by atoms with Gasteiger partial charge in [0.15, 0.2) is 0 Å². The van der Waals surface area contributed by atoms with Gasteiger partial charge in [0, 0.05) is 6.54 Å². The van der Waals surface area contributed by atoms with Gasteiger partial charge in [0.25, 0.3) is 5.91 Å². The summed E-state index contributed by atoms with van der Waals surface area (Å²) in [5.41, 5.74) is 1.78. The minimum absolute atomic E-state index is 0.159. The summed E-state index contributed by atoms with van der Waals surface area (Å²) < 4.78 is 5.77. The average molecular weight is 339 g/mol. The molecule has 0 aromatic heterocycles. The average Bonchev–Trinajstić information content (AvgIpc) is 3.45. The third kappa shape index (κ3) is 4.83. The molecule has 0 spiro atoms. The highest BCUT2D eigenvalue weighted by molar-refractivity contribution is 5.96. The molecule has 5 nitrogen and oxygen atoms in total. The Kier molecular flexibility index (Phi) is 5.33. The van der Waals surface area contributed by atoms with E-state index in [0.717, 1.165) is 5.56 Å². The van der Waals surface area contributed by atoms with Crippen LogP contribution in [0.1, 0.15) is 39.1 Å². The lowest BCUT2D eigenvalue weighted by atomic mass is 10.1. The molecule has 0 heterocycles. The monoisotopic (exact) mass is 339 g/mol. The van der Waals surface area contributed by atoms with Crippen LogP contribution in [-0.4, -0.2) is 30.1 Å². The number of hydrogen-bond acceptors (Lipinski definition) is 3. The standard InChI is InChI=1S/C20H21NO4/c22-19(17-3-1-2-4-18(17)25-13-15-5-6-15)21-12-11-14-7-9-16(10-8-14)20(23)24/h1-4,7-10,15H,5-6,11-13H2,(H,21,22)(H,23,24). The van der Waals surface area contributed by atoms with E-state index >= 15 is 0 Å². The van der Waals surface area contributed by atoms with Crippen molar-refractivity contribution in [1.82, 2.24) is 5.32 Å². The maximum absolute atomic E-state index is 12.4. The SMILES string of the molecule is O=C(O)c1ccc(CCNC(=O)c2ccccc2OCC2CC2)cc1. The predicted octanol–water partition coefficient (Wildman–Crippen LogP) is 3.15. The van der Waals surface area contributed by atoms with Crippen LogP contribution < -0.4 is 10.1 Å². The van der Waals surface area contributed by atoms with E-state index in [1.807, 2.05) is 18.2 Å². The molecule has 2 aromatic rings. The maximum atomic E-state index is 12.4. The summed E-state index contributed by atoms with van der Waals surface area (Å²) in [6.45, 7) is 1.14. The molecule has 1 amide bonds. The van der Waals surface area contributed by atoms with Crippen LogP contribution in [0, 0.1) is 5.92 Å². The zero-order valence-electron chi connectivity index (χ0n) is 13.9. The Morgan fingerprint density at radius 1 is 1.08 bits per heavy atom. The first-order valence-corrected chi connectivity index (χ1v) is 8.46. The van der Waals surface area contributed by atoms with Crippen molar-refractivity contribution in [2.24, 2.45) is 5.92 Å². The van der Waals surface area contributed by atoms with E-state index in [1.165, 1.54) is 12.8 Å². The van der Waals surface area contributed by atoms with Gasteiger partial charge in [-0.3, -0.25) is 4.79 Å². The molecular formula is C20H21NO4. The van der Waals surface area contributed by atoms with Gasteiger partial charge in [-0.25, -0.2) is 4.79 Å². The number of carbonyl (C=O) groups is 2. The Morgan fingerprint density at radius 3 is 2.48 bits per heavy atom. The highest BCUT2D eigenvalue weighted by Gasteiger charge is 2.23. The molecule has 0 bridgehead atoms. The summed E-state index contributed by atoms with van der Waals surface area (Å²) in [6, 6.07) is 13.9. The van der Waals surface area contributed by atoms with E-state index in [4.69, 9.17) is 9.84 Å². The molecule has 1 aliphatic rings. The van der Waals surface area contributed by atoms with Crippen molar-refractivity contribution in [3.8, 4) is 5.75 Å². The highest BCUT2D eigenvalue weighted by Crippen LogP contribution is 2.30. The molecule has 0 aliphatic heterocycles. The van der Waals surface area contributed by atoms with E-state index in [0.29, 0.717) is 36.8 Å². The van der Waals surface area contributed by atoms with Crippen LogP contribution in [0.3, 0.4) is 0 Å². The number of carbonyl (C=O) groups excluding carboxylic acids is 1. The van der Waals surface area contributed by atoms with Gasteiger partial charge < -0.3 is 15.2 Å². The van der Waals surface area contributed by atoms with E-state index in [2.05, 4.69) is 5.32 Å². The van der Waals surface area contributed by atoms with Crippen molar-refractivity contribution in [1.29, 1.82) is 0 Å². The van der Waals surface area contributed by atoms with Crippen molar-refractivity contribution in [3.05, 3.63) is 65.2 Å². The third-order valence-corrected chi connectivity index (χ3v) is 4.20. The lowest BCUT2D eigenvalue weighted by molar-refractivity contribution is 0.0696. The number of ether oxygens (including phenoxy) is 1. The number of para-hydroxylation sites is 1. The lowest BCUT2D eigenvalue weighted by Crippen LogP contribution is -2.26. The van der Waals surface area contributed by atoms with Gasteiger partial charge in [-0.05, 0) is 55.0 Å². The minimum atomic E-state index is -0.942. The number of carboxylic acids is 1. The number of carboxylic acid groups (broad SMARTS) is 1. The van der Waals surface area contributed by atoms with Crippen molar-refractivity contribution < 1.29 is 19.4 Å². The number of nitrogens with one attached hydrogen (secondary N) is 1. The normalized spacial score (nSPS) is 13.3. The van der Waals surface area contributed by atoms with Crippen molar-refractivity contribution in [2.75, 3.05) is 13.2 Å². The van der Waals surface area contributed by atoms with Crippen molar-refractivity contribution >= 4 is 11.9 Å². The van der Waals surface area contributed by atoms with Gasteiger partial charge in [0.1, 0.15) is 5.75 Å². The van der Waals surface area contributed by atoms with E-state index in [9.17, 15) is 9.59 Å². The zero-order valence-corrected chi connectivity index (χ0v) is 13.9. The molecule has 25 heavy (non-hydrogen) atoms. The predicted molar refractivity (Wildman–Crippen MR) is 94.1 cm³/mol. The van der Waals surface area contributed by atoms with Crippen LogP contribution in [0.15, 0.2) is 48.5 Å². The van der Waals surface area contributed by atoms with Crippen LogP contribution in [-0.2, 0) is 6.42 Å². The fourth-order valence-electron chi connectivity index (χ4n) is 2.50. The molecule has 1 saturated carbocycles. The van der Waals surface area contributed by atoms with Gasteiger partial charge in [-0.2, -0.15) is 0 Å². The molecule has 5 heteroatoms. The van der Waals surface area contributed by atoms with Crippen LogP contribution in [0.2, 0.25) is 0 Å². The molecule has 2 aromatic carbocycles. The Balaban J connectivity index is 1.52. The van der Waals surface area contributed by atoms with E-state index in [-0.39, 0.29) is 11.5 Å². The molecule has 0 unspecified atom stereocenters. The lowest BCUT2D eigenvalue weighted by Gasteiger charge is -2.11. The fourth-order valence-corrected chi connectivity index (χ4v) is 2.50. The summed E-state index contributed by atoms with van der Waals surface area (Å²) in [5.74, 6) is 0.152. The Morgan fingerprint density at radius 2 is 1.80 bits per heavy atom. The molecule has 0 atom stereocenters. The number of hydrogen-bond donors (Lipinski definition) is 2. The highest BCUT2D eigenvalue weighted by atomic mass is 16.5. The summed E-state index contributed by atoms with van der Waals surface area (Å²) in [7, 11) is 0. The van der Waals surface area contributed by atoms with Gasteiger partial charge >= 0.3 is 5.97 Å². The molecule has 2 N–H and O–H groups in total. The second kappa shape index (κ2) is 7.83. The maximum Gasteiger partial charge on any atom is 0.335 e. The summed E-state index contributed by atoms with van der Waals surface area (Å²) in [4.78, 5) is 23.2. The molecule has 1 aliphatic carbocycles. The number of aromatic carboxylic acids is 1. The minimum Gasteiger partial charge on any atom is -0.492 e. The van der Waals surface area contributed by atoms with Crippen LogP contribution >= 0.6 is 0 Å². The first-order chi connectivity index (χ1) is 12.1. The third-order valence-electron chi connectivity index (χ3n) is 4.20. The number of amides is 1. The molecular weight excluding hydrogens is 318 g/mol. The first-order valence-electron chi connectivity index (χ1n) is 8.46. The van der Waals surface area contributed by atoms with Crippen molar-refractivity contribution in [3.63, 3.8) is 0 Å².